The molecule has 130 valence electrons. The fourth-order valence-corrected chi connectivity index (χ4v) is 2.74. The standard InChI is InChI=1S/C19H18N6O/c1-13(12-14-8-4-2-5-9-14)20-16-17(21-15-10-6-3-7-11-15)23-19-18(22-16)24-26-25-19/h2-11,13H,12H2,1H3,(H,20,22,24)(H,21,23,25)/t13-/m0/s1. The summed E-state index contributed by atoms with van der Waals surface area (Å²) in [5, 5.41) is 14.3. The number of fused-ring (bicyclic) bond motifs is 1. The average molecular weight is 346 g/mol. The summed E-state index contributed by atoms with van der Waals surface area (Å²) in [7, 11) is 0. The van der Waals surface area contributed by atoms with E-state index < -0.39 is 0 Å². The molecule has 2 N–H and O–H groups in total. The zero-order valence-electron chi connectivity index (χ0n) is 14.3. The van der Waals surface area contributed by atoms with E-state index in [0.717, 1.165) is 12.1 Å². The summed E-state index contributed by atoms with van der Waals surface area (Å²) in [5.74, 6) is 1.19. The van der Waals surface area contributed by atoms with Gasteiger partial charge < -0.3 is 10.6 Å². The Bertz CT molecular complexity index is 987. The second kappa shape index (κ2) is 7.18. The Balaban J connectivity index is 1.60. The lowest BCUT2D eigenvalue weighted by Crippen LogP contribution is -2.20. The maximum absolute atomic E-state index is 4.75. The Morgan fingerprint density at radius 1 is 0.846 bits per heavy atom. The van der Waals surface area contributed by atoms with Crippen molar-refractivity contribution in [2.75, 3.05) is 10.6 Å². The summed E-state index contributed by atoms with van der Waals surface area (Å²) in [6.07, 6.45) is 0.863. The quantitative estimate of drug-likeness (QED) is 0.549. The lowest BCUT2D eigenvalue weighted by Gasteiger charge is -2.17. The highest BCUT2D eigenvalue weighted by Crippen LogP contribution is 2.24. The highest BCUT2D eigenvalue weighted by atomic mass is 16.6. The number of benzene rings is 2. The Morgan fingerprint density at radius 2 is 1.46 bits per heavy atom. The third kappa shape index (κ3) is 3.61. The highest BCUT2D eigenvalue weighted by molar-refractivity contribution is 5.76. The number of nitrogens with zero attached hydrogens (tertiary/aromatic N) is 4. The van der Waals surface area contributed by atoms with Gasteiger partial charge in [0.05, 0.1) is 0 Å². The number of anilines is 3. The normalized spacial score (nSPS) is 12.0. The molecule has 0 fully saturated rings. The van der Waals surface area contributed by atoms with Crippen molar-refractivity contribution in [2.24, 2.45) is 0 Å². The van der Waals surface area contributed by atoms with Crippen molar-refractivity contribution >= 4 is 28.6 Å². The zero-order valence-corrected chi connectivity index (χ0v) is 14.3. The van der Waals surface area contributed by atoms with Gasteiger partial charge in [0.2, 0.25) is 11.3 Å². The van der Waals surface area contributed by atoms with E-state index in [4.69, 9.17) is 4.63 Å². The molecule has 0 aliphatic rings. The topological polar surface area (TPSA) is 88.8 Å². The van der Waals surface area contributed by atoms with E-state index in [0.29, 0.717) is 22.9 Å². The fourth-order valence-electron chi connectivity index (χ4n) is 2.74. The molecule has 7 heteroatoms. The van der Waals surface area contributed by atoms with Gasteiger partial charge in [-0.2, -0.15) is 0 Å². The molecule has 4 aromatic rings. The van der Waals surface area contributed by atoms with E-state index in [9.17, 15) is 0 Å². The number of hydrogen-bond acceptors (Lipinski definition) is 7. The molecule has 0 saturated carbocycles. The van der Waals surface area contributed by atoms with Crippen LogP contribution in [0.15, 0.2) is 65.3 Å². The summed E-state index contributed by atoms with van der Waals surface area (Å²) in [4.78, 5) is 9.00. The zero-order chi connectivity index (χ0) is 17.8. The van der Waals surface area contributed by atoms with Crippen molar-refractivity contribution in [1.29, 1.82) is 0 Å². The van der Waals surface area contributed by atoms with Crippen molar-refractivity contribution in [2.45, 2.75) is 19.4 Å². The molecule has 0 unspecified atom stereocenters. The Hall–Kier alpha value is -3.48. The molecular weight excluding hydrogens is 328 g/mol. The van der Waals surface area contributed by atoms with E-state index in [2.05, 4.69) is 50.0 Å². The van der Waals surface area contributed by atoms with Gasteiger partial charge in [0, 0.05) is 11.7 Å². The minimum Gasteiger partial charge on any atom is -0.364 e. The summed E-state index contributed by atoms with van der Waals surface area (Å²) >= 11 is 0. The lowest BCUT2D eigenvalue weighted by atomic mass is 10.1. The molecule has 0 aliphatic carbocycles. The number of aromatic nitrogens is 4. The first kappa shape index (κ1) is 16.0. The van der Waals surface area contributed by atoms with Crippen LogP contribution in [-0.2, 0) is 6.42 Å². The summed E-state index contributed by atoms with van der Waals surface area (Å²) < 4.78 is 4.75. The van der Waals surface area contributed by atoms with Gasteiger partial charge in [0.15, 0.2) is 11.6 Å². The predicted molar refractivity (Wildman–Crippen MR) is 100 cm³/mol. The van der Waals surface area contributed by atoms with Crippen LogP contribution in [0.25, 0.3) is 11.3 Å². The molecule has 0 spiro atoms. The fraction of sp³-hybridized carbons (Fsp3) is 0.158. The van der Waals surface area contributed by atoms with Crippen molar-refractivity contribution < 1.29 is 4.63 Å². The molecule has 0 saturated heterocycles. The highest BCUT2D eigenvalue weighted by Gasteiger charge is 2.15. The molecule has 2 heterocycles. The van der Waals surface area contributed by atoms with E-state index >= 15 is 0 Å². The first-order chi connectivity index (χ1) is 12.8. The molecule has 0 radical (unpaired) electrons. The molecule has 2 aromatic carbocycles. The van der Waals surface area contributed by atoms with Gasteiger partial charge in [-0.1, -0.05) is 48.5 Å². The van der Waals surface area contributed by atoms with Crippen LogP contribution >= 0.6 is 0 Å². The van der Waals surface area contributed by atoms with Gasteiger partial charge in [-0.25, -0.2) is 14.6 Å². The summed E-state index contributed by atoms with van der Waals surface area (Å²) in [5.41, 5.74) is 2.90. The van der Waals surface area contributed by atoms with Gasteiger partial charge in [0.1, 0.15) is 0 Å². The minimum absolute atomic E-state index is 0.153. The summed E-state index contributed by atoms with van der Waals surface area (Å²) in [6, 6.07) is 20.3. The third-order valence-electron chi connectivity index (χ3n) is 3.92. The van der Waals surface area contributed by atoms with Gasteiger partial charge in [-0.05, 0) is 41.4 Å². The lowest BCUT2D eigenvalue weighted by molar-refractivity contribution is 0.314. The molecule has 0 amide bonds. The Labute approximate surface area is 150 Å². The number of nitrogens with one attached hydrogen (secondary N) is 2. The van der Waals surface area contributed by atoms with Crippen LogP contribution in [0.3, 0.4) is 0 Å². The van der Waals surface area contributed by atoms with E-state index in [1.54, 1.807) is 0 Å². The SMILES string of the molecule is C[C@@H](Cc1ccccc1)Nc1nc2nonc2nc1Nc1ccccc1. The first-order valence-corrected chi connectivity index (χ1v) is 8.41. The maximum atomic E-state index is 4.75. The van der Waals surface area contributed by atoms with Gasteiger partial charge >= 0.3 is 0 Å². The average Bonchev–Trinajstić information content (AvgIpc) is 3.11. The monoisotopic (exact) mass is 346 g/mol. The third-order valence-corrected chi connectivity index (χ3v) is 3.92. The van der Waals surface area contributed by atoms with Crippen molar-refractivity contribution in [3.05, 3.63) is 66.2 Å². The van der Waals surface area contributed by atoms with Gasteiger partial charge in [-0.15, -0.1) is 0 Å². The molecule has 0 aliphatic heterocycles. The van der Waals surface area contributed by atoms with Crippen molar-refractivity contribution in [3.63, 3.8) is 0 Å². The first-order valence-electron chi connectivity index (χ1n) is 8.41. The Morgan fingerprint density at radius 3 is 2.15 bits per heavy atom. The van der Waals surface area contributed by atoms with E-state index in [1.807, 2.05) is 48.5 Å². The predicted octanol–water partition coefficient (Wildman–Crippen LogP) is 3.80. The molecule has 2 aromatic heterocycles. The second-order valence-electron chi connectivity index (χ2n) is 6.06. The Kier molecular flexibility index (Phi) is 4.42. The number of rotatable bonds is 6. The van der Waals surface area contributed by atoms with Crippen LogP contribution in [0.1, 0.15) is 12.5 Å². The van der Waals surface area contributed by atoms with Gasteiger partial charge in [-0.3, -0.25) is 0 Å². The second-order valence-corrected chi connectivity index (χ2v) is 6.06. The van der Waals surface area contributed by atoms with Crippen LogP contribution < -0.4 is 10.6 Å². The van der Waals surface area contributed by atoms with Crippen LogP contribution in [0.5, 0.6) is 0 Å². The van der Waals surface area contributed by atoms with Crippen LogP contribution in [0.4, 0.5) is 17.3 Å². The minimum atomic E-state index is 0.153. The largest absolute Gasteiger partial charge is 0.364 e. The van der Waals surface area contributed by atoms with E-state index in [1.165, 1.54) is 5.56 Å². The molecule has 0 bridgehead atoms. The van der Waals surface area contributed by atoms with Crippen LogP contribution in [-0.4, -0.2) is 26.3 Å². The van der Waals surface area contributed by atoms with E-state index in [-0.39, 0.29) is 6.04 Å². The van der Waals surface area contributed by atoms with Crippen LogP contribution in [0.2, 0.25) is 0 Å². The van der Waals surface area contributed by atoms with Gasteiger partial charge in [0.25, 0.3) is 0 Å². The van der Waals surface area contributed by atoms with Crippen molar-refractivity contribution in [1.82, 2.24) is 20.3 Å². The molecule has 7 nitrogen and oxygen atoms in total. The summed E-state index contributed by atoms with van der Waals surface area (Å²) in [6.45, 7) is 2.10. The smallest absolute Gasteiger partial charge is 0.245 e. The number of para-hydroxylation sites is 1. The molecule has 4 rings (SSSR count). The molecule has 26 heavy (non-hydrogen) atoms. The molecular formula is C19H18N6O. The van der Waals surface area contributed by atoms with Crippen LogP contribution in [0, 0.1) is 0 Å². The molecule has 1 atom stereocenters. The maximum Gasteiger partial charge on any atom is 0.245 e. The van der Waals surface area contributed by atoms with Crippen molar-refractivity contribution in [3.8, 4) is 0 Å². The number of hydrogen-bond donors (Lipinski definition) is 2.